The lowest BCUT2D eigenvalue weighted by Crippen LogP contribution is -2.22. The second kappa shape index (κ2) is 9.63. The summed E-state index contributed by atoms with van der Waals surface area (Å²) in [6, 6.07) is 25.0. The zero-order valence-corrected chi connectivity index (χ0v) is 21.6. The van der Waals surface area contributed by atoms with Gasteiger partial charge in [-0.05, 0) is 81.3 Å². The zero-order valence-electron chi connectivity index (χ0n) is 20.8. The van der Waals surface area contributed by atoms with Crippen molar-refractivity contribution in [3.8, 4) is 11.4 Å². The Morgan fingerprint density at radius 2 is 1.53 bits per heavy atom. The molecule has 0 fully saturated rings. The summed E-state index contributed by atoms with van der Waals surface area (Å²) in [6.07, 6.45) is 0. The van der Waals surface area contributed by atoms with Crippen LogP contribution in [0.15, 0.2) is 88.8 Å². The Labute approximate surface area is 214 Å². The number of hydrogen-bond donors (Lipinski definition) is 0. The third-order valence-electron chi connectivity index (χ3n) is 6.57. The first-order valence-corrected chi connectivity index (χ1v) is 12.8. The number of carbonyl (C=O) groups excluding carboxylic acids is 1. The van der Waals surface area contributed by atoms with Gasteiger partial charge >= 0.3 is 0 Å². The van der Waals surface area contributed by atoms with Gasteiger partial charge in [-0.1, -0.05) is 48.2 Å². The van der Waals surface area contributed by atoms with E-state index < -0.39 is 0 Å². The molecule has 0 saturated carbocycles. The second-order valence-electron chi connectivity index (χ2n) is 8.99. The molecule has 5 nitrogen and oxygen atoms in total. The molecule has 3 aromatic carbocycles. The van der Waals surface area contributed by atoms with E-state index in [2.05, 4.69) is 36.6 Å². The maximum atomic E-state index is 13.4. The van der Waals surface area contributed by atoms with Gasteiger partial charge in [-0.25, -0.2) is 4.98 Å². The summed E-state index contributed by atoms with van der Waals surface area (Å²) in [7, 11) is 0. The number of nitrogens with zero attached hydrogens (tertiary/aromatic N) is 3. The van der Waals surface area contributed by atoms with Gasteiger partial charge in [0.05, 0.1) is 22.3 Å². The molecule has 0 aliphatic heterocycles. The number of hydrogen-bond acceptors (Lipinski definition) is 4. The summed E-state index contributed by atoms with van der Waals surface area (Å²) in [5, 5.41) is 1.05. The molecular formula is C30H27N3O2S. The van der Waals surface area contributed by atoms with Crippen LogP contribution in [0.3, 0.4) is 0 Å². The van der Waals surface area contributed by atoms with Crippen LogP contribution in [0.25, 0.3) is 22.3 Å². The number of rotatable bonds is 6. The van der Waals surface area contributed by atoms with Gasteiger partial charge in [-0.2, -0.15) is 0 Å². The van der Waals surface area contributed by atoms with Crippen LogP contribution < -0.4 is 5.56 Å². The fourth-order valence-corrected chi connectivity index (χ4v) is 5.42. The number of benzene rings is 3. The van der Waals surface area contributed by atoms with E-state index in [4.69, 9.17) is 4.98 Å². The van der Waals surface area contributed by atoms with Crippen molar-refractivity contribution in [2.24, 2.45) is 0 Å². The first-order chi connectivity index (χ1) is 17.3. The van der Waals surface area contributed by atoms with E-state index in [1.807, 2.05) is 68.4 Å². The van der Waals surface area contributed by atoms with Crippen molar-refractivity contribution in [3.05, 3.63) is 117 Å². The zero-order chi connectivity index (χ0) is 25.4. The lowest BCUT2D eigenvalue weighted by molar-refractivity contribution is 0.102. The maximum absolute atomic E-state index is 13.4. The molecule has 0 N–H and O–H groups in total. The van der Waals surface area contributed by atoms with Crippen LogP contribution in [0.5, 0.6) is 0 Å². The highest BCUT2D eigenvalue weighted by Crippen LogP contribution is 2.26. The Kier molecular flexibility index (Phi) is 6.37. The van der Waals surface area contributed by atoms with E-state index in [1.165, 1.54) is 22.9 Å². The molecule has 6 heteroatoms. The molecule has 0 aliphatic rings. The van der Waals surface area contributed by atoms with Gasteiger partial charge in [0.15, 0.2) is 10.9 Å². The van der Waals surface area contributed by atoms with Gasteiger partial charge in [-0.15, -0.1) is 0 Å². The molecule has 2 heterocycles. The molecule has 0 aliphatic carbocycles. The predicted octanol–water partition coefficient (Wildman–Crippen LogP) is 6.39. The summed E-state index contributed by atoms with van der Waals surface area (Å²) in [5.74, 6) is 0.180. The number of fused-ring (bicyclic) bond motifs is 1. The smallest absolute Gasteiger partial charge is 0.266 e. The van der Waals surface area contributed by atoms with E-state index in [-0.39, 0.29) is 17.1 Å². The highest BCUT2D eigenvalue weighted by Gasteiger charge is 2.19. The second-order valence-corrected chi connectivity index (χ2v) is 9.93. The van der Waals surface area contributed by atoms with Crippen molar-refractivity contribution >= 4 is 28.4 Å². The van der Waals surface area contributed by atoms with Crippen LogP contribution in [-0.4, -0.2) is 25.7 Å². The predicted molar refractivity (Wildman–Crippen MR) is 147 cm³/mol. The van der Waals surface area contributed by atoms with Crippen LogP contribution in [0.4, 0.5) is 0 Å². The molecule has 0 amide bonds. The van der Waals surface area contributed by atoms with E-state index in [0.717, 1.165) is 22.8 Å². The molecule has 0 unspecified atom stereocenters. The van der Waals surface area contributed by atoms with E-state index in [1.54, 1.807) is 10.6 Å². The number of aromatic nitrogens is 3. The Hall–Kier alpha value is -3.90. The van der Waals surface area contributed by atoms with Crippen molar-refractivity contribution in [1.82, 2.24) is 14.1 Å². The third-order valence-corrected chi connectivity index (χ3v) is 7.51. The highest BCUT2D eigenvalue weighted by molar-refractivity contribution is 7.99. The maximum Gasteiger partial charge on any atom is 0.266 e. The summed E-state index contributed by atoms with van der Waals surface area (Å²) >= 11 is 1.29. The van der Waals surface area contributed by atoms with E-state index in [9.17, 15) is 9.59 Å². The van der Waals surface area contributed by atoms with Gasteiger partial charge in [0.2, 0.25) is 0 Å². The molecule has 0 spiro atoms. The number of aryl methyl sites for hydroxylation is 3. The largest absolute Gasteiger partial charge is 0.318 e. The molecule has 2 aromatic heterocycles. The topological polar surface area (TPSA) is 56.9 Å². The molecule has 5 rings (SSSR count). The van der Waals surface area contributed by atoms with Crippen LogP contribution in [0, 0.1) is 27.7 Å². The summed E-state index contributed by atoms with van der Waals surface area (Å²) in [5.41, 5.74) is 7.31. The fraction of sp³-hybridized carbons (Fsp3) is 0.167. The van der Waals surface area contributed by atoms with Crippen LogP contribution in [0.2, 0.25) is 0 Å². The van der Waals surface area contributed by atoms with Gasteiger partial charge in [0.25, 0.3) is 5.56 Å². The molecule has 0 atom stereocenters. The highest BCUT2D eigenvalue weighted by atomic mass is 32.2. The third kappa shape index (κ3) is 4.29. The lowest BCUT2D eigenvalue weighted by Gasteiger charge is -2.13. The van der Waals surface area contributed by atoms with Gasteiger partial charge in [0, 0.05) is 22.6 Å². The monoisotopic (exact) mass is 493 g/mol. The summed E-state index contributed by atoms with van der Waals surface area (Å²) in [4.78, 5) is 31.6. The number of thioether (sulfide) groups is 1. The Bertz CT molecular complexity index is 1670. The van der Waals surface area contributed by atoms with Crippen molar-refractivity contribution in [2.45, 2.75) is 32.9 Å². The van der Waals surface area contributed by atoms with Crippen LogP contribution in [-0.2, 0) is 0 Å². The minimum atomic E-state index is -0.144. The molecule has 5 aromatic rings. The minimum Gasteiger partial charge on any atom is -0.318 e. The number of para-hydroxylation sites is 2. The lowest BCUT2D eigenvalue weighted by atomic mass is 10.1. The summed E-state index contributed by atoms with van der Waals surface area (Å²) in [6.45, 7) is 8.19. The van der Waals surface area contributed by atoms with Crippen molar-refractivity contribution in [2.75, 3.05) is 5.75 Å². The molecule has 180 valence electrons. The standard InChI is InChI=1S/C30H27N3O2S/c1-19-14-15-24(16-20(19)2)32-21(3)17-26(22(32)4)28(34)18-36-30-31-27-13-9-8-12-25(27)29(35)33(30)23-10-6-5-7-11-23/h5-17H,18H2,1-4H3. The van der Waals surface area contributed by atoms with Gasteiger partial charge < -0.3 is 4.57 Å². The first kappa shape index (κ1) is 23.8. The van der Waals surface area contributed by atoms with E-state index in [0.29, 0.717) is 21.6 Å². The van der Waals surface area contributed by atoms with Crippen molar-refractivity contribution in [3.63, 3.8) is 0 Å². The minimum absolute atomic E-state index is 0.00482. The van der Waals surface area contributed by atoms with Gasteiger partial charge in [0.1, 0.15) is 0 Å². The van der Waals surface area contributed by atoms with Crippen LogP contribution >= 0.6 is 11.8 Å². The van der Waals surface area contributed by atoms with Gasteiger partial charge in [-0.3, -0.25) is 14.2 Å². The quantitative estimate of drug-likeness (QED) is 0.156. The Balaban J connectivity index is 1.50. The van der Waals surface area contributed by atoms with E-state index >= 15 is 0 Å². The average molecular weight is 494 g/mol. The molecule has 0 saturated heterocycles. The number of carbonyl (C=O) groups is 1. The van der Waals surface area contributed by atoms with Crippen LogP contribution in [0.1, 0.15) is 32.9 Å². The fourth-order valence-electron chi connectivity index (χ4n) is 4.53. The Morgan fingerprint density at radius 1 is 0.806 bits per heavy atom. The Morgan fingerprint density at radius 3 is 2.28 bits per heavy atom. The number of Topliss-reactive ketones (excluding diaryl/α,β-unsaturated/α-hetero) is 1. The summed E-state index contributed by atoms with van der Waals surface area (Å²) < 4.78 is 3.72. The van der Waals surface area contributed by atoms with Crippen molar-refractivity contribution < 1.29 is 4.79 Å². The molecule has 0 radical (unpaired) electrons. The molecular weight excluding hydrogens is 466 g/mol. The first-order valence-electron chi connectivity index (χ1n) is 11.8. The normalized spacial score (nSPS) is 11.2. The molecule has 0 bridgehead atoms. The number of ketones is 1. The van der Waals surface area contributed by atoms with Crippen molar-refractivity contribution in [1.29, 1.82) is 0 Å². The molecule has 36 heavy (non-hydrogen) atoms. The SMILES string of the molecule is Cc1ccc(-n2c(C)cc(C(=O)CSc3nc4ccccc4c(=O)n3-c3ccccc3)c2C)cc1C. The average Bonchev–Trinajstić information content (AvgIpc) is 3.18.